The quantitative estimate of drug-likeness (QED) is 0.832. The van der Waals surface area contributed by atoms with Crippen LogP contribution in [0.4, 0.5) is 5.69 Å². The third-order valence-corrected chi connectivity index (χ3v) is 4.10. The van der Waals surface area contributed by atoms with Crippen LogP contribution in [0.25, 0.3) is 0 Å². The van der Waals surface area contributed by atoms with Crippen LogP contribution in [-0.4, -0.2) is 45.2 Å². The summed E-state index contributed by atoms with van der Waals surface area (Å²) < 4.78 is 0. The number of anilines is 1. The van der Waals surface area contributed by atoms with Crippen molar-refractivity contribution >= 4 is 5.69 Å². The summed E-state index contributed by atoms with van der Waals surface area (Å²) in [6.45, 7) is 10.2. The summed E-state index contributed by atoms with van der Waals surface area (Å²) in [5.74, 6) is 0. The van der Waals surface area contributed by atoms with E-state index in [0.29, 0.717) is 5.41 Å². The molecule has 1 heterocycles. The average Bonchev–Trinajstić information content (AvgIpc) is 2.91. The van der Waals surface area contributed by atoms with Gasteiger partial charge in [0.1, 0.15) is 0 Å². The second-order valence-electron chi connectivity index (χ2n) is 7.33. The summed E-state index contributed by atoms with van der Waals surface area (Å²) in [4.78, 5) is 4.79. The second-order valence-corrected chi connectivity index (χ2v) is 7.33. The molecular weight excluding hydrogens is 258 g/mol. The minimum absolute atomic E-state index is 0.298. The van der Waals surface area contributed by atoms with Crippen molar-refractivity contribution in [1.82, 2.24) is 10.2 Å². The Hall–Kier alpha value is -1.06. The van der Waals surface area contributed by atoms with Gasteiger partial charge in [-0.15, -0.1) is 0 Å². The molecule has 0 atom stereocenters. The van der Waals surface area contributed by atoms with Crippen LogP contribution < -0.4 is 10.2 Å². The Morgan fingerprint density at radius 1 is 1.14 bits per heavy atom. The molecule has 0 aromatic heterocycles. The van der Waals surface area contributed by atoms with Crippen molar-refractivity contribution in [1.29, 1.82) is 0 Å². The van der Waals surface area contributed by atoms with Crippen molar-refractivity contribution in [2.45, 2.75) is 33.2 Å². The zero-order valence-electron chi connectivity index (χ0n) is 14.2. The molecule has 1 aliphatic rings. The fourth-order valence-corrected chi connectivity index (χ4v) is 3.37. The van der Waals surface area contributed by atoms with Crippen LogP contribution in [0.3, 0.4) is 0 Å². The van der Waals surface area contributed by atoms with E-state index in [1.807, 2.05) is 0 Å². The van der Waals surface area contributed by atoms with Gasteiger partial charge in [-0.3, -0.25) is 0 Å². The number of hydrogen-bond acceptors (Lipinski definition) is 3. The highest BCUT2D eigenvalue weighted by molar-refractivity contribution is 5.54. The highest BCUT2D eigenvalue weighted by atomic mass is 15.1. The van der Waals surface area contributed by atoms with Crippen LogP contribution >= 0.6 is 0 Å². The van der Waals surface area contributed by atoms with Crippen LogP contribution in [0.5, 0.6) is 0 Å². The molecule has 0 unspecified atom stereocenters. The van der Waals surface area contributed by atoms with E-state index in [2.05, 4.69) is 67.3 Å². The lowest BCUT2D eigenvalue weighted by Gasteiger charge is -2.29. The lowest BCUT2D eigenvalue weighted by molar-refractivity contribution is 0.232. The number of rotatable bonds is 7. The molecule has 1 aliphatic heterocycles. The van der Waals surface area contributed by atoms with Gasteiger partial charge in [-0.2, -0.15) is 0 Å². The first-order chi connectivity index (χ1) is 9.98. The summed E-state index contributed by atoms with van der Waals surface area (Å²) >= 11 is 0. The molecule has 1 N–H and O–H groups in total. The number of hydrogen-bond donors (Lipinski definition) is 1. The topological polar surface area (TPSA) is 18.5 Å². The van der Waals surface area contributed by atoms with Gasteiger partial charge >= 0.3 is 0 Å². The van der Waals surface area contributed by atoms with Gasteiger partial charge in [0.2, 0.25) is 0 Å². The number of nitrogens with one attached hydrogen (secondary N) is 1. The van der Waals surface area contributed by atoms with Crippen molar-refractivity contribution in [3.8, 4) is 0 Å². The number of nitrogens with zero attached hydrogens (tertiary/aromatic N) is 2. The normalized spacial score (nSPS) is 16.0. The lowest BCUT2D eigenvalue weighted by atomic mass is 9.93. The number of para-hydroxylation sites is 1. The van der Waals surface area contributed by atoms with Crippen molar-refractivity contribution in [2.24, 2.45) is 5.41 Å². The van der Waals surface area contributed by atoms with Crippen molar-refractivity contribution in [2.75, 3.05) is 45.2 Å². The van der Waals surface area contributed by atoms with Gasteiger partial charge in [-0.25, -0.2) is 0 Å². The fraction of sp³-hybridized carbons (Fsp3) is 0.667. The molecule has 3 heteroatoms. The number of benzene rings is 1. The SMILES string of the molecule is CN(C)CC(C)(C)CNCc1ccccc1N1CCCC1. The van der Waals surface area contributed by atoms with E-state index in [9.17, 15) is 0 Å². The Morgan fingerprint density at radius 2 is 1.81 bits per heavy atom. The molecule has 1 aromatic carbocycles. The summed E-state index contributed by atoms with van der Waals surface area (Å²) in [5.41, 5.74) is 3.15. The molecule has 3 nitrogen and oxygen atoms in total. The molecule has 1 aromatic rings. The molecule has 0 radical (unpaired) electrons. The fourth-order valence-electron chi connectivity index (χ4n) is 3.37. The molecule has 0 aliphatic carbocycles. The van der Waals surface area contributed by atoms with E-state index in [-0.39, 0.29) is 0 Å². The Morgan fingerprint density at radius 3 is 2.48 bits per heavy atom. The predicted octanol–water partition coefficient (Wildman–Crippen LogP) is 2.96. The predicted molar refractivity (Wildman–Crippen MR) is 91.9 cm³/mol. The summed E-state index contributed by atoms with van der Waals surface area (Å²) in [5, 5.41) is 3.66. The summed E-state index contributed by atoms with van der Waals surface area (Å²) in [6, 6.07) is 8.85. The zero-order valence-corrected chi connectivity index (χ0v) is 14.2. The van der Waals surface area contributed by atoms with Crippen molar-refractivity contribution < 1.29 is 0 Å². The molecule has 0 saturated carbocycles. The molecule has 1 fully saturated rings. The zero-order chi connectivity index (χ0) is 15.3. The Kier molecular flexibility index (Phi) is 5.65. The van der Waals surface area contributed by atoms with E-state index >= 15 is 0 Å². The maximum Gasteiger partial charge on any atom is 0.0411 e. The third-order valence-electron chi connectivity index (χ3n) is 4.10. The molecule has 2 rings (SSSR count). The van der Waals surface area contributed by atoms with Crippen LogP contribution in [0.1, 0.15) is 32.3 Å². The lowest BCUT2D eigenvalue weighted by Crippen LogP contribution is -2.37. The second kappa shape index (κ2) is 7.28. The monoisotopic (exact) mass is 289 g/mol. The molecule has 0 bridgehead atoms. The van der Waals surface area contributed by atoms with E-state index in [4.69, 9.17) is 0 Å². The molecule has 0 amide bonds. The van der Waals surface area contributed by atoms with Gasteiger partial charge in [0.05, 0.1) is 0 Å². The van der Waals surface area contributed by atoms with Crippen LogP contribution in [0.15, 0.2) is 24.3 Å². The van der Waals surface area contributed by atoms with E-state index < -0.39 is 0 Å². The van der Waals surface area contributed by atoms with Gasteiger partial charge in [0.15, 0.2) is 0 Å². The molecule has 1 saturated heterocycles. The van der Waals surface area contributed by atoms with Gasteiger partial charge in [0.25, 0.3) is 0 Å². The molecule has 0 spiro atoms. The van der Waals surface area contributed by atoms with Gasteiger partial charge in [-0.05, 0) is 44.0 Å². The first-order valence-electron chi connectivity index (χ1n) is 8.16. The first kappa shape index (κ1) is 16.3. The molecule has 118 valence electrons. The Labute approximate surface area is 130 Å². The van der Waals surface area contributed by atoms with Gasteiger partial charge in [-0.1, -0.05) is 32.0 Å². The maximum atomic E-state index is 3.66. The molecular formula is C18H31N3. The highest BCUT2D eigenvalue weighted by Gasteiger charge is 2.19. The third kappa shape index (κ3) is 5.01. The smallest absolute Gasteiger partial charge is 0.0411 e. The van der Waals surface area contributed by atoms with Gasteiger partial charge in [0, 0.05) is 38.4 Å². The van der Waals surface area contributed by atoms with Crippen LogP contribution in [-0.2, 0) is 6.54 Å². The van der Waals surface area contributed by atoms with Crippen molar-refractivity contribution in [3.05, 3.63) is 29.8 Å². The van der Waals surface area contributed by atoms with Crippen molar-refractivity contribution in [3.63, 3.8) is 0 Å². The largest absolute Gasteiger partial charge is 0.371 e. The van der Waals surface area contributed by atoms with Crippen LogP contribution in [0.2, 0.25) is 0 Å². The average molecular weight is 289 g/mol. The summed E-state index contributed by atoms with van der Waals surface area (Å²) in [6.07, 6.45) is 2.66. The summed E-state index contributed by atoms with van der Waals surface area (Å²) in [7, 11) is 4.29. The minimum Gasteiger partial charge on any atom is -0.371 e. The maximum absolute atomic E-state index is 3.66. The van der Waals surface area contributed by atoms with E-state index in [1.165, 1.54) is 37.2 Å². The Bertz CT molecular complexity index is 434. The first-order valence-corrected chi connectivity index (χ1v) is 8.16. The van der Waals surface area contributed by atoms with Crippen LogP contribution in [0, 0.1) is 5.41 Å². The van der Waals surface area contributed by atoms with E-state index in [1.54, 1.807) is 0 Å². The minimum atomic E-state index is 0.298. The Balaban J connectivity index is 1.91. The van der Waals surface area contributed by atoms with Gasteiger partial charge < -0.3 is 15.1 Å². The van der Waals surface area contributed by atoms with E-state index in [0.717, 1.165) is 19.6 Å². The highest BCUT2D eigenvalue weighted by Crippen LogP contribution is 2.24. The molecule has 21 heavy (non-hydrogen) atoms. The standard InChI is InChI=1S/C18H31N3/c1-18(2,15-20(3)4)14-19-13-16-9-5-6-10-17(16)21-11-7-8-12-21/h5-6,9-10,19H,7-8,11-15H2,1-4H3.